The first-order valence-corrected chi connectivity index (χ1v) is 8.13. The van der Waals surface area contributed by atoms with Gasteiger partial charge in [0.15, 0.2) is 0 Å². The van der Waals surface area contributed by atoms with E-state index in [0.29, 0.717) is 5.92 Å². The van der Waals surface area contributed by atoms with Crippen LogP contribution in [0.25, 0.3) is 0 Å². The molecule has 4 heterocycles. The average molecular weight is 301 g/mol. The van der Waals surface area contributed by atoms with Crippen molar-refractivity contribution < 1.29 is 0 Å². The molecule has 1 N–H and O–H groups in total. The number of hydrogen-bond acceptors (Lipinski definition) is 5. The van der Waals surface area contributed by atoms with E-state index in [1.165, 1.54) is 24.4 Å². The van der Waals surface area contributed by atoms with Gasteiger partial charge >= 0.3 is 0 Å². The molecule has 0 bridgehead atoms. The van der Waals surface area contributed by atoms with Crippen LogP contribution in [-0.2, 0) is 26.7 Å². The molecule has 7 nitrogen and oxygen atoms in total. The van der Waals surface area contributed by atoms with Crippen molar-refractivity contribution in [2.45, 2.75) is 38.4 Å². The van der Waals surface area contributed by atoms with E-state index in [9.17, 15) is 0 Å². The predicted octanol–water partition coefficient (Wildman–Crippen LogP) is 0.494. The Balaban J connectivity index is 1.48. The maximum absolute atomic E-state index is 4.50. The Morgan fingerprint density at radius 1 is 1.32 bits per heavy atom. The average Bonchev–Trinajstić information content (AvgIpc) is 3.15. The van der Waals surface area contributed by atoms with Crippen molar-refractivity contribution in [1.29, 1.82) is 0 Å². The van der Waals surface area contributed by atoms with Gasteiger partial charge < -0.3 is 9.88 Å². The third-order valence-electron chi connectivity index (χ3n) is 4.83. The molecule has 0 spiro atoms. The van der Waals surface area contributed by atoms with Crippen LogP contribution in [-0.4, -0.2) is 49.1 Å². The zero-order chi connectivity index (χ0) is 14.9. The highest BCUT2D eigenvalue weighted by Crippen LogP contribution is 2.24. The highest BCUT2D eigenvalue weighted by molar-refractivity contribution is 5.07. The summed E-state index contributed by atoms with van der Waals surface area (Å²) < 4.78 is 4.29. The molecular formula is C15H23N7. The highest BCUT2D eigenvalue weighted by Gasteiger charge is 2.26. The number of aryl methyl sites for hydroxylation is 1. The smallest absolute Gasteiger partial charge is 0.147 e. The molecule has 2 aliphatic heterocycles. The van der Waals surface area contributed by atoms with Gasteiger partial charge in [-0.1, -0.05) is 0 Å². The zero-order valence-corrected chi connectivity index (χ0v) is 13.1. The lowest BCUT2D eigenvalue weighted by Crippen LogP contribution is -2.36. The Kier molecular flexibility index (Phi) is 3.67. The number of hydrogen-bond donors (Lipinski definition) is 1. The quantitative estimate of drug-likeness (QED) is 0.894. The second-order valence-electron chi connectivity index (χ2n) is 6.33. The van der Waals surface area contributed by atoms with Crippen LogP contribution in [0.1, 0.15) is 36.1 Å². The Labute approximate surface area is 130 Å². The monoisotopic (exact) mass is 301 g/mol. The second-order valence-corrected chi connectivity index (χ2v) is 6.33. The summed E-state index contributed by atoms with van der Waals surface area (Å²) in [6.07, 6.45) is 4.32. The van der Waals surface area contributed by atoms with Gasteiger partial charge in [-0.25, -0.2) is 0 Å². The largest absolute Gasteiger partial charge is 0.316 e. The highest BCUT2D eigenvalue weighted by atomic mass is 15.3. The van der Waals surface area contributed by atoms with E-state index in [1.807, 2.05) is 17.9 Å². The number of fused-ring (bicyclic) bond motifs is 1. The normalized spacial score (nSPS) is 22.7. The van der Waals surface area contributed by atoms with Crippen molar-refractivity contribution in [3.05, 3.63) is 29.6 Å². The molecule has 0 radical (unpaired) electrons. The maximum Gasteiger partial charge on any atom is 0.147 e. The van der Waals surface area contributed by atoms with Crippen LogP contribution >= 0.6 is 0 Å². The molecule has 1 unspecified atom stereocenters. The van der Waals surface area contributed by atoms with Crippen molar-refractivity contribution in [3.8, 4) is 0 Å². The van der Waals surface area contributed by atoms with E-state index in [4.69, 9.17) is 0 Å². The first-order chi connectivity index (χ1) is 10.8. The fourth-order valence-electron chi connectivity index (χ4n) is 3.52. The molecule has 2 aromatic rings. The fourth-order valence-corrected chi connectivity index (χ4v) is 3.52. The lowest BCUT2D eigenvalue weighted by atomic mass is 9.99. The minimum atomic E-state index is 0.527. The summed E-state index contributed by atoms with van der Waals surface area (Å²) in [5.41, 5.74) is 1.24. The van der Waals surface area contributed by atoms with Crippen LogP contribution in [0.5, 0.6) is 0 Å². The van der Waals surface area contributed by atoms with Gasteiger partial charge in [-0.05, 0) is 25.5 Å². The molecule has 0 aromatic carbocycles. The lowest BCUT2D eigenvalue weighted by Gasteiger charge is -2.29. The maximum atomic E-state index is 4.50. The molecule has 2 aliphatic rings. The number of piperidine rings is 1. The molecule has 22 heavy (non-hydrogen) atoms. The molecule has 4 rings (SSSR count). The Morgan fingerprint density at radius 3 is 3.05 bits per heavy atom. The summed E-state index contributed by atoms with van der Waals surface area (Å²) in [5, 5.41) is 16.7. The van der Waals surface area contributed by atoms with Crippen molar-refractivity contribution in [1.82, 2.24) is 34.8 Å². The molecule has 0 amide bonds. The van der Waals surface area contributed by atoms with Gasteiger partial charge in [-0.15, -0.1) is 10.2 Å². The van der Waals surface area contributed by atoms with Crippen molar-refractivity contribution in [3.63, 3.8) is 0 Å². The van der Waals surface area contributed by atoms with Crippen LogP contribution in [0.15, 0.2) is 12.3 Å². The Morgan fingerprint density at radius 2 is 2.27 bits per heavy atom. The van der Waals surface area contributed by atoms with Gasteiger partial charge in [-0.2, -0.15) is 5.10 Å². The fraction of sp³-hybridized carbons (Fsp3) is 0.667. The molecule has 1 saturated heterocycles. The van der Waals surface area contributed by atoms with Crippen molar-refractivity contribution in [2.75, 3.05) is 19.6 Å². The minimum Gasteiger partial charge on any atom is -0.316 e. The van der Waals surface area contributed by atoms with E-state index in [0.717, 1.165) is 45.1 Å². The van der Waals surface area contributed by atoms with Gasteiger partial charge in [0.1, 0.15) is 11.6 Å². The second kappa shape index (κ2) is 5.81. The van der Waals surface area contributed by atoms with Crippen LogP contribution < -0.4 is 5.32 Å². The molecule has 0 saturated carbocycles. The SMILES string of the molecule is Cn1nccc1CN1CCn2c(nnc2C2CCCNC2)C1. The number of aromatic nitrogens is 5. The van der Waals surface area contributed by atoms with E-state index >= 15 is 0 Å². The predicted molar refractivity (Wildman–Crippen MR) is 82.2 cm³/mol. The molecule has 1 atom stereocenters. The van der Waals surface area contributed by atoms with Crippen molar-refractivity contribution >= 4 is 0 Å². The standard InChI is InChI=1S/C15H23N7/c1-20-13(4-6-17-20)10-21-7-8-22-14(11-21)18-19-15(22)12-3-2-5-16-9-12/h4,6,12,16H,2-3,5,7-11H2,1H3. The van der Waals surface area contributed by atoms with Crippen molar-refractivity contribution in [2.24, 2.45) is 7.05 Å². The van der Waals surface area contributed by atoms with E-state index in [2.05, 4.69) is 36.1 Å². The summed E-state index contributed by atoms with van der Waals surface area (Å²) in [6.45, 7) is 6.00. The van der Waals surface area contributed by atoms with Crippen LogP contribution in [0.3, 0.4) is 0 Å². The third kappa shape index (κ3) is 2.55. The molecular weight excluding hydrogens is 278 g/mol. The summed E-state index contributed by atoms with van der Waals surface area (Å²) in [6, 6.07) is 2.08. The van der Waals surface area contributed by atoms with Gasteiger partial charge in [0.25, 0.3) is 0 Å². The van der Waals surface area contributed by atoms with Gasteiger partial charge in [-0.3, -0.25) is 9.58 Å². The molecule has 118 valence electrons. The van der Waals surface area contributed by atoms with Crippen LogP contribution in [0.2, 0.25) is 0 Å². The van der Waals surface area contributed by atoms with E-state index in [1.54, 1.807) is 0 Å². The molecule has 2 aromatic heterocycles. The number of nitrogens with one attached hydrogen (secondary N) is 1. The zero-order valence-electron chi connectivity index (χ0n) is 13.1. The van der Waals surface area contributed by atoms with Gasteiger partial charge in [0, 0.05) is 45.3 Å². The molecule has 1 fully saturated rings. The molecule has 7 heteroatoms. The lowest BCUT2D eigenvalue weighted by molar-refractivity contribution is 0.201. The topological polar surface area (TPSA) is 63.8 Å². The summed E-state index contributed by atoms with van der Waals surface area (Å²) in [5.74, 6) is 2.81. The number of nitrogens with zero attached hydrogens (tertiary/aromatic N) is 6. The number of rotatable bonds is 3. The molecule has 0 aliphatic carbocycles. The van der Waals surface area contributed by atoms with Crippen LogP contribution in [0, 0.1) is 0 Å². The van der Waals surface area contributed by atoms with Crippen LogP contribution in [0.4, 0.5) is 0 Å². The third-order valence-corrected chi connectivity index (χ3v) is 4.83. The van der Waals surface area contributed by atoms with Gasteiger partial charge in [0.05, 0.1) is 12.2 Å². The summed E-state index contributed by atoms with van der Waals surface area (Å²) in [7, 11) is 2.00. The summed E-state index contributed by atoms with van der Waals surface area (Å²) >= 11 is 0. The van der Waals surface area contributed by atoms with Gasteiger partial charge in [0.2, 0.25) is 0 Å². The first-order valence-electron chi connectivity index (χ1n) is 8.13. The Hall–Kier alpha value is -1.73. The van der Waals surface area contributed by atoms with E-state index < -0.39 is 0 Å². The first kappa shape index (κ1) is 13.9. The Bertz CT molecular complexity index is 638. The summed E-state index contributed by atoms with van der Waals surface area (Å²) in [4.78, 5) is 2.42. The van der Waals surface area contributed by atoms with E-state index in [-0.39, 0.29) is 0 Å². The minimum absolute atomic E-state index is 0.527.